The fourth-order valence-corrected chi connectivity index (χ4v) is 2.36. The fraction of sp³-hybridized carbons (Fsp3) is 0.286. The van der Waals surface area contributed by atoms with Crippen molar-refractivity contribution in [3.8, 4) is 5.75 Å². The van der Waals surface area contributed by atoms with Gasteiger partial charge in [0.2, 0.25) is 0 Å². The molecular formula is C14H15ClN2O4. The number of benzene rings is 1. The lowest BCUT2D eigenvalue weighted by Gasteiger charge is -2.28. The molecule has 1 atom stereocenters. The van der Waals surface area contributed by atoms with Gasteiger partial charge in [-0.25, -0.2) is 9.59 Å². The highest BCUT2D eigenvalue weighted by atomic mass is 35.5. The summed E-state index contributed by atoms with van der Waals surface area (Å²) in [7, 11) is 2.82. The Labute approximate surface area is 127 Å². The van der Waals surface area contributed by atoms with E-state index in [2.05, 4.69) is 10.6 Å². The average molecular weight is 311 g/mol. The summed E-state index contributed by atoms with van der Waals surface area (Å²) < 4.78 is 9.95. The summed E-state index contributed by atoms with van der Waals surface area (Å²) in [5.41, 5.74) is 1.31. The first-order valence-corrected chi connectivity index (χ1v) is 6.73. The van der Waals surface area contributed by atoms with E-state index in [1.165, 1.54) is 7.11 Å². The predicted molar refractivity (Wildman–Crippen MR) is 77.2 cm³/mol. The first-order valence-electron chi connectivity index (χ1n) is 6.19. The third-order valence-corrected chi connectivity index (χ3v) is 3.39. The summed E-state index contributed by atoms with van der Waals surface area (Å²) >= 11 is 5.82. The highest BCUT2D eigenvalue weighted by Gasteiger charge is 2.33. The third-order valence-electron chi connectivity index (χ3n) is 3.12. The number of carbonyl (C=O) groups is 2. The Morgan fingerprint density at radius 3 is 2.76 bits per heavy atom. The van der Waals surface area contributed by atoms with E-state index in [0.717, 1.165) is 0 Å². The zero-order valence-corrected chi connectivity index (χ0v) is 12.4. The number of rotatable bonds is 4. The van der Waals surface area contributed by atoms with Gasteiger partial charge in [-0.2, -0.15) is 0 Å². The molecule has 1 aliphatic rings. The standard InChI is InChI=1S/C14H15ClN2O4/c1-20-9-5-3-4-8(6-9)12-11(13(18)21-2)10(7-15)16-14(19)17-12/h3-6,12H,7H2,1-2H3,(H2,16,17,19)/t12-/m0/s1. The number of allylic oxidation sites excluding steroid dienone is 1. The van der Waals surface area contributed by atoms with Crippen LogP contribution < -0.4 is 15.4 Å². The second kappa shape index (κ2) is 6.49. The van der Waals surface area contributed by atoms with E-state index < -0.39 is 18.0 Å². The molecule has 2 rings (SSSR count). The van der Waals surface area contributed by atoms with Crippen molar-refractivity contribution in [1.29, 1.82) is 0 Å². The quantitative estimate of drug-likeness (QED) is 0.656. The van der Waals surface area contributed by atoms with Crippen molar-refractivity contribution in [3.05, 3.63) is 41.1 Å². The number of ether oxygens (including phenoxy) is 2. The zero-order chi connectivity index (χ0) is 15.4. The van der Waals surface area contributed by atoms with Gasteiger partial charge in [-0.15, -0.1) is 11.6 Å². The van der Waals surface area contributed by atoms with Gasteiger partial charge in [0.1, 0.15) is 5.75 Å². The largest absolute Gasteiger partial charge is 0.497 e. The van der Waals surface area contributed by atoms with Crippen molar-refractivity contribution in [1.82, 2.24) is 10.6 Å². The lowest BCUT2D eigenvalue weighted by Crippen LogP contribution is -2.46. The summed E-state index contributed by atoms with van der Waals surface area (Å²) in [6.07, 6.45) is 0. The van der Waals surface area contributed by atoms with Gasteiger partial charge in [0.15, 0.2) is 0 Å². The molecule has 2 N–H and O–H groups in total. The van der Waals surface area contributed by atoms with E-state index in [4.69, 9.17) is 21.1 Å². The monoisotopic (exact) mass is 310 g/mol. The number of halogens is 1. The van der Waals surface area contributed by atoms with Crippen LogP contribution in [0.5, 0.6) is 5.75 Å². The Balaban J connectivity index is 2.51. The Morgan fingerprint density at radius 1 is 1.38 bits per heavy atom. The molecule has 6 nitrogen and oxygen atoms in total. The Morgan fingerprint density at radius 2 is 2.14 bits per heavy atom. The van der Waals surface area contributed by atoms with E-state index in [0.29, 0.717) is 17.0 Å². The number of hydrogen-bond acceptors (Lipinski definition) is 4. The molecule has 0 saturated heterocycles. The molecule has 112 valence electrons. The molecule has 0 radical (unpaired) electrons. The fourth-order valence-electron chi connectivity index (χ4n) is 2.15. The van der Waals surface area contributed by atoms with Gasteiger partial charge in [-0.3, -0.25) is 0 Å². The van der Waals surface area contributed by atoms with Crippen LogP contribution in [0.2, 0.25) is 0 Å². The van der Waals surface area contributed by atoms with Gasteiger partial charge >= 0.3 is 12.0 Å². The van der Waals surface area contributed by atoms with E-state index in [-0.39, 0.29) is 11.5 Å². The van der Waals surface area contributed by atoms with Crippen molar-refractivity contribution >= 4 is 23.6 Å². The lowest BCUT2D eigenvalue weighted by atomic mass is 9.95. The minimum absolute atomic E-state index is 0.00166. The number of esters is 1. The molecule has 0 bridgehead atoms. The topological polar surface area (TPSA) is 76.7 Å². The van der Waals surface area contributed by atoms with Gasteiger partial charge in [-0.05, 0) is 17.7 Å². The number of methoxy groups -OCH3 is 2. The van der Waals surface area contributed by atoms with Crippen LogP contribution in [0.3, 0.4) is 0 Å². The summed E-state index contributed by atoms with van der Waals surface area (Å²) in [5.74, 6) is 0.0705. The molecule has 0 unspecified atom stereocenters. The number of nitrogens with one attached hydrogen (secondary N) is 2. The van der Waals surface area contributed by atoms with Crippen molar-refractivity contribution < 1.29 is 19.1 Å². The zero-order valence-electron chi connectivity index (χ0n) is 11.6. The highest BCUT2D eigenvalue weighted by molar-refractivity contribution is 6.20. The molecule has 7 heteroatoms. The predicted octanol–water partition coefficient (Wildman–Crippen LogP) is 1.71. The minimum Gasteiger partial charge on any atom is -0.497 e. The number of alkyl halides is 1. The van der Waals surface area contributed by atoms with Crippen LogP contribution in [0.4, 0.5) is 4.79 Å². The van der Waals surface area contributed by atoms with Crippen LogP contribution in [0.25, 0.3) is 0 Å². The number of carbonyl (C=O) groups excluding carboxylic acids is 2. The second-order valence-corrected chi connectivity index (χ2v) is 4.59. The first-order chi connectivity index (χ1) is 10.1. The van der Waals surface area contributed by atoms with Crippen LogP contribution in [-0.2, 0) is 9.53 Å². The molecule has 1 aromatic rings. The molecule has 1 aliphatic heterocycles. The van der Waals surface area contributed by atoms with E-state index >= 15 is 0 Å². The van der Waals surface area contributed by atoms with Gasteiger partial charge in [0.05, 0.1) is 31.7 Å². The summed E-state index contributed by atoms with van der Waals surface area (Å²) in [4.78, 5) is 23.7. The Kier molecular flexibility index (Phi) is 4.70. The van der Waals surface area contributed by atoms with Crippen molar-refractivity contribution in [2.75, 3.05) is 20.1 Å². The van der Waals surface area contributed by atoms with E-state index in [1.54, 1.807) is 31.4 Å². The summed E-state index contributed by atoms with van der Waals surface area (Å²) in [6, 6.07) is 6.01. The molecule has 0 saturated carbocycles. The van der Waals surface area contributed by atoms with Crippen LogP contribution in [0, 0.1) is 0 Å². The highest BCUT2D eigenvalue weighted by Crippen LogP contribution is 2.29. The van der Waals surface area contributed by atoms with Crippen LogP contribution >= 0.6 is 11.6 Å². The summed E-state index contributed by atoms with van der Waals surface area (Å²) in [5, 5.41) is 5.22. The van der Waals surface area contributed by atoms with E-state index in [9.17, 15) is 9.59 Å². The molecular weight excluding hydrogens is 296 g/mol. The van der Waals surface area contributed by atoms with Crippen molar-refractivity contribution in [2.45, 2.75) is 6.04 Å². The second-order valence-electron chi connectivity index (χ2n) is 4.33. The van der Waals surface area contributed by atoms with Gasteiger partial charge in [0.25, 0.3) is 0 Å². The minimum atomic E-state index is -0.643. The molecule has 2 amide bonds. The van der Waals surface area contributed by atoms with Gasteiger partial charge in [0, 0.05) is 5.70 Å². The molecule has 0 aromatic heterocycles. The maximum absolute atomic E-state index is 12.0. The Bertz CT molecular complexity index is 600. The maximum Gasteiger partial charge on any atom is 0.338 e. The normalized spacial score (nSPS) is 17.9. The van der Waals surface area contributed by atoms with Crippen molar-refractivity contribution in [2.24, 2.45) is 0 Å². The number of amides is 2. The van der Waals surface area contributed by atoms with Crippen LogP contribution in [-0.4, -0.2) is 32.1 Å². The molecule has 1 heterocycles. The third kappa shape index (κ3) is 3.11. The molecule has 0 spiro atoms. The lowest BCUT2D eigenvalue weighted by molar-refractivity contribution is -0.136. The number of hydrogen-bond donors (Lipinski definition) is 2. The smallest absolute Gasteiger partial charge is 0.338 e. The van der Waals surface area contributed by atoms with Gasteiger partial charge < -0.3 is 20.1 Å². The SMILES string of the molecule is COC(=O)C1=C(CCl)NC(=O)N[C@H]1c1cccc(OC)c1. The first kappa shape index (κ1) is 15.2. The molecule has 0 fully saturated rings. The Hall–Kier alpha value is -2.21. The summed E-state index contributed by atoms with van der Waals surface area (Å²) in [6.45, 7) is 0. The molecule has 1 aromatic carbocycles. The molecule has 21 heavy (non-hydrogen) atoms. The molecule has 0 aliphatic carbocycles. The maximum atomic E-state index is 12.0. The average Bonchev–Trinajstić information content (AvgIpc) is 2.53. The van der Waals surface area contributed by atoms with Crippen molar-refractivity contribution in [3.63, 3.8) is 0 Å². The van der Waals surface area contributed by atoms with Crippen LogP contribution in [0.1, 0.15) is 11.6 Å². The number of urea groups is 1. The van der Waals surface area contributed by atoms with Crippen LogP contribution in [0.15, 0.2) is 35.5 Å². The van der Waals surface area contributed by atoms with Gasteiger partial charge in [-0.1, -0.05) is 12.1 Å². The van der Waals surface area contributed by atoms with E-state index in [1.807, 2.05) is 0 Å².